The first-order valence-corrected chi connectivity index (χ1v) is 12.2. The van der Waals surface area contributed by atoms with Gasteiger partial charge in [0.2, 0.25) is 0 Å². The van der Waals surface area contributed by atoms with Crippen molar-refractivity contribution < 1.29 is 0 Å². The molecule has 0 aliphatic carbocycles. The zero-order valence-electron chi connectivity index (χ0n) is 20.1. The maximum atomic E-state index is 10.3. The van der Waals surface area contributed by atoms with Crippen LogP contribution in [0.4, 0.5) is 0 Å². The molecule has 2 aromatic heterocycles. The van der Waals surface area contributed by atoms with Crippen LogP contribution >= 0.6 is 0 Å². The molecule has 0 spiro atoms. The van der Waals surface area contributed by atoms with Crippen LogP contribution in [0.5, 0.6) is 0 Å². The molecule has 0 amide bonds. The second kappa shape index (κ2) is 7.85. The lowest BCUT2D eigenvalue weighted by Gasteiger charge is -2.15. The van der Waals surface area contributed by atoms with Crippen LogP contribution in [0.25, 0.3) is 55.0 Å². The molecule has 7 aromatic rings. The van der Waals surface area contributed by atoms with Gasteiger partial charge in [-0.2, -0.15) is 10.5 Å². The summed E-state index contributed by atoms with van der Waals surface area (Å²) in [6.45, 7) is 2.09. The first-order chi connectivity index (χ1) is 18.2. The number of nitrogens with zero attached hydrogens (tertiary/aromatic N) is 4. The Bertz CT molecular complexity index is 2070. The standard InChI is InChI=1S/C33H20N4/c1-21-14-15-32-27(16-21)26-10-4-7-13-31(26)37(32)33-18-23(17-22(19-34)28(33)20-35)36-29-11-5-2-8-24(29)25-9-3-6-12-30(25)36/h2-18H,1H3. The van der Waals surface area contributed by atoms with Crippen LogP contribution in [0.3, 0.4) is 0 Å². The third-order valence-corrected chi connectivity index (χ3v) is 7.24. The number of rotatable bonds is 2. The van der Waals surface area contributed by atoms with Gasteiger partial charge in [-0.1, -0.05) is 66.2 Å². The van der Waals surface area contributed by atoms with E-state index >= 15 is 0 Å². The van der Waals surface area contributed by atoms with Gasteiger partial charge in [0, 0.05) is 27.2 Å². The number of hydrogen-bond donors (Lipinski definition) is 0. The van der Waals surface area contributed by atoms with Gasteiger partial charge in [0.15, 0.2) is 0 Å². The predicted molar refractivity (Wildman–Crippen MR) is 149 cm³/mol. The molecule has 0 radical (unpaired) electrons. The second-order valence-corrected chi connectivity index (χ2v) is 9.35. The first kappa shape index (κ1) is 21.0. The summed E-state index contributed by atoms with van der Waals surface area (Å²) in [5.41, 5.74) is 7.57. The Labute approximate surface area is 213 Å². The van der Waals surface area contributed by atoms with Gasteiger partial charge in [-0.15, -0.1) is 0 Å². The van der Waals surface area contributed by atoms with Crippen LogP contribution in [0.15, 0.2) is 103 Å². The van der Waals surface area contributed by atoms with E-state index in [2.05, 4.69) is 82.8 Å². The summed E-state index contributed by atoms with van der Waals surface area (Å²) in [6.07, 6.45) is 0. The summed E-state index contributed by atoms with van der Waals surface area (Å²) < 4.78 is 4.31. The van der Waals surface area contributed by atoms with Crippen molar-refractivity contribution in [2.24, 2.45) is 0 Å². The fourth-order valence-corrected chi connectivity index (χ4v) is 5.67. The van der Waals surface area contributed by atoms with Crippen molar-refractivity contribution in [1.29, 1.82) is 10.5 Å². The van der Waals surface area contributed by atoms with Crippen molar-refractivity contribution in [3.8, 4) is 23.5 Å². The minimum atomic E-state index is 0.356. The Morgan fingerprint density at radius 1 is 0.541 bits per heavy atom. The van der Waals surface area contributed by atoms with E-state index in [0.29, 0.717) is 16.8 Å². The molecule has 172 valence electrons. The quantitative estimate of drug-likeness (QED) is 0.256. The Morgan fingerprint density at radius 3 is 1.68 bits per heavy atom. The summed E-state index contributed by atoms with van der Waals surface area (Å²) >= 11 is 0. The lowest BCUT2D eigenvalue weighted by atomic mass is 10.0. The number of fused-ring (bicyclic) bond motifs is 6. The fraction of sp³-hybridized carbons (Fsp3) is 0.0303. The molecule has 0 aliphatic heterocycles. The predicted octanol–water partition coefficient (Wildman–Crippen LogP) is 7.93. The van der Waals surface area contributed by atoms with Gasteiger partial charge in [0.1, 0.15) is 12.1 Å². The highest BCUT2D eigenvalue weighted by Gasteiger charge is 2.20. The minimum Gasteiger partial charge on any atom is -0.309 e. The Kier molecular flexibility index (Phi) is 4.46. The zero-order valence-corrected chi connectivity index (χ0v) is 20.1. The summed E-state index contributed by atoms with van der Waals surface area (Å²) in [5, 5.41) is 25.0. The lowest BCUT2D eigenvalue weighted by Crippen LogP contribution is -2.04. The van der Waals surface area contributed by atoms with Crippen LogP contribution in [0.1, 0.15) is 16.7 Å². The summed E-state index contributed by atoms with van der Waals surface area (Å²) in [7, 11) is 0. The van der Waals surface area contributed by atoms with Gasteiger partial charge in [-0.25, -0.2) is 0 Å². The molecule has 0 saturated heterocycles. The summed E-state index contributed by atoms with van der Waals surface area (Å²) in [5.74, 6) is 0. The number of aryl methyl sites for hydroxylation is 1. The Morgan fingerprint density at radius 2 is 1.08 bits per heavy atom. The van der Waals surface area contributed by atoms with Crippen LogP contribution in [0, 0.1) is 29.6 Å². The zero-order chi connectivity index (χ0) is 25.1. The van der Waals surface area contributed by atoms with Crippen LogP contribution in [0.2, 0.25) is 0 Å². The number of benzene rings is 5. The molecule has 0 atom stereocenters. The van der Waals surface area contributed by atoms with Crippen LogP contribution in [-0.2, 0) is 0 Å². The lowest BCUT2D eigenvalue weighted by molar-refractivity contribution is 1.12. The molecule has 0 bridgehead atoms. The van der Waals surface area contributed by atoms with Crippen LogP contribution in [-0.4, -0.2) is 9.13 Å². The van der Waals surface area contributed by atoms with Crippen molar-refractivity contribution in [3.63, 3.8) is 0 Å². The molecule has 2 heterocycles. The highest BCUT2D eigenvalue weighted by molar-refractivity contribution is 6.11. The van der Waals surface area contributed by atoms with E-state index in [9.17, 15) is 10.5 Å². The fourth-order valence-electron chi connectivity index (χ4n) is 5.67. The van der Waals surface area contributed by atoms with E-state index in [-0.39, 0.29) is 0 Å². The molecule has 0 N–H and O–H groups in total. The van der Waals surface area contributed by atoms with Crippen molar-refractivity contribution in [1.82, 2.24) is 9.13 Å². The number of para-hydroxylation sites is 3. The maximum absolute atomic E-state index is 10.3. The Balaban J connectivity index is 1.65. The average molecular weight is 473 g/mol. The van der Waals surface area contributed by atoms with E-state index in [4.69, 9.17) is 0 Å². The molecule has 4 heteroatoms. The van der Waals surface area contributed by atoms with E-state index in [1.807, 2.05) is 48.5 Å². The largest absolute Gasteiger partial charge is 0.309 e. The summed E-state index contributed by atoms with van der Waals surface area (Å²) in [4.78, 5) is 0. The topological polar surface area (TPSA) is 57.4 Å². The second-order valence-electron chi connectivity index (χ2n) is 9.35. The number of aromatic nitrogens is 2. The third kappa shape index (κ3) is 2.94. The van der Waals surface area contributed by atoms with Crippen molar-refractivity contribution in [2.75, 3.05) is 0 Å². The van der Waals surface area contributed by atoms with Crippen molar-refractivity contribution >= 4 is 43.6 Å². The van der Waals surface area contributed by atoms with Gasteiger partial charge in [0.05, 0.1) is 38.9 Å². The monoisotopic (exact) mass is 472 g/mol. The molecular formula is C33H20N4. The first-order valence-electron chi connectivity index (χ1n) is 12.2. The van der Waals surface area contributed by atoms with Gasteiger partial charge in [-0.3, -0.25) is 0 Å². The van der Waals surface area contributed by atoms with E-state index < -0.39 is 0 Å². The van der Waals surface area contributed by atoms with Crippen LogP contribution < -0.4 is 0 Å². The van der Waals surface area contributed by atoms with E-state index in [1.165, 1.54) is 5.56 Å². The molecule has 7 rings (SSSR count). The van der Waals surface area contributed by atoms with E-state index in [0.717, 1.165) is 49.3 Å². The smallest absolute Gasteiger partial charge is 0.103 e. The summed E-state index contributed by atoms with van der Waals surface area (Å²) in [6, 6.07) is 39.7. The molecular weight excluding hydrogens is 452 g/mol. The Hall–Kier alpha value is -5.32. The number of hydrogen-bond acceptors (Lipinski definition) is 2. The minimum absolute atomic E-state index is 0.356. The van der Waals surface area contributed by atoms with Crippen molar-refractivity contribution in [2.45, 2.75) is 6.92 Å². The van der Waals surface area contributed by atoms with Crippen molar-refractivity contribution in [3.05, 3.63) is 120 Å². The molecule has 0 aliphatic rings. The molecule has 5 aromatic carbocycles. The molecule has 0 fully saturated rings. The highest BCUT2D eigenvalue weighted by Crippen LogP contribution is 2.37. The SMILES string of the molecule is Cc1ccc2c(c1)c1ccccc1n2-c1cc(-n2c3ccccc3c3ccccc32)cc(C#N)c1C#N. The normalized spacial score (nSPS) is 11.3. The third-order valence-electron chi connectivity index (χ3n) is 7.24. The molecule has 0 saturated carbocycles. The average Bonchev–Trinajstić information content (AvgIpc) is 3.45. The van der Waals surface area contributed by atoms with Gasteiger partial charge >= 0.3 is 0 Å². The molecule has 0 unspecified atom stereocenters. The number of nitriles is 2. The molecule has 4 nitrogen and oxygen atoms in total. The van der Waals surface area contributed by atoms with Gasteiger partial charge in [-0.05, 0) is 49.4 Å². The highest BCUT2D eigenvalue weighted by atomic mass is 15.0. The van der Waals surface area contributed by atoms with Gasteiger partial charge in [0.25, 0.3) is 0 Å². The van der Waals surface area contributed by atoms with E-state index in [1.54, 1.807) is 0 Å². The molecule has 37 heavy (non-hydrogen) atoms. The maximum Gasteiger partial charge on any atom is 0.103 e. The van der Waals surface area contributed by atoms with Gasteiger partial charge < -0.3 is 9.13 Å².